The van der Waals surface area contributed by atoms with E-state index < -0.39 is 10.8 Å². The Morgan fingerprint density at radius 2 is 1.10 bits per heavy atom. The Kier molecular flexibility index (Phi) is 4.66. The quantitative estimate of drug-likeness (QED) is 0.263. The Morgan fingerprint density at radius 1 is 0.690 bits per heavy atom. The first-order valence-corrected chi connectivity index (χ1v) is 9.34. The van der Waals surface area contributed by atoms with Gasteiger partial charge in [0.2, 0.25) is 11.8 Å². The van der Waals surface area contributed by atoms with Crippen molar-refractivity contribution in [2.24, 2.45) is 0 Å². The Balaban J connectivity index is 0.00000205. The summed E-state index contributed by atoms with van der Waals surface area (Å²) < 4.78 is 11.7. The average Bonchev–Trinajstić information content (AvgIpc) is 3.37. The molecule has 0 saturated heterocycles. The molecule has 2 aromatic heterocycles. The van der Waals surface area contributed by atoms with Crippen LogP contribution in [0.4, 0.5) is 0 Å². The molecule has 0 N–H and O–H groups in total. The summed E-state index contributed by atoms with van der Waals surface area (Å²) in [7, 11) is 0. The fraction of sp³-hybridized carbons (Fsp3) is 0.250. The van der Waals surface area contributed by atoms with Crippen molar-refractivity contribution in [2.45, 2.75) is 38.5 Å². The van der Waals surface area contributed by atoms with Crippen molar-refractivity contribution in [3.63, 3.8) is 0 Å². The molecular weight excluding hydrogens is 543 g/mol. The number of rotatable bonds is 0. The van der Waals surface area contributed by atoms with Crippen molar-refractivity contribution in [1.29, 1.82) is 0 Å². The zero-order valence-electron chi connectivity index (χ0n) is 16.6. The van der Waals surface area contributed by atoms with E-state index in [1.807, 2.05) is 12.1 Å². The maximum absolute atomic E-state index is 5.85. The van der Waals surface area contributed by atoms with E-state index in [4.69, 9.17) is 18.8 Å². The summed E-state index contributed by atoms with van der Waals surface area (Å²) in [5.41, 5.74) is 4.44. The van der Waals surface area contributed by atoms with E-state index in [0.717, 1.165) is 22.3 Å². The molecule has 148 valence electrons. The van der Waals surface area contributed by atoms with E-state index >= 15 is 0 Å². The Hall–Kier alpha value is -2.45. The average molecular weight is 564 g/mol. The summed E-state index contributed by atoms with van der Waals surface area (Å²) in [5, 5.41) is 0. The second-order valence-corrected chi connectivity index (χ2v) is 8.28. The van der Waals surface area contributed by atoms with Gasteiger partial charge < -0.3 is 8.83 Å². The minimum absolute atomic E-state index is 0. The predicted molar refractivity (Wildman–Crippen MR) is 106 cm³/mol. The first-order valence-electron chi connectivity index (χ1n) is 9.34. The fourth-order valence-electron chi connectivity index (χ4n) is 3.57. The summed E-state index contributed by atoms with van der Waals surface area (Å²) in [4.78, 5) is 9.42. The topological polar surface area (TPSA) is 52.1 Å². The second kappa shape index (κ2) is 6.81. The molecule has 0 saturated carbocycles. The van der Waals surface area contributed by atoms with Crippen LogP contribution in [-0.2, 0) is 31.9 Å². The van der Waals surface area contributed by atoms with Gasteiger partial charge in [0.05, 0.1) is 0 Å². The van der Waals surface area contributed by atoms with E-state index in [2.05, 4.69) is 64.1 Å². The van der Waals surface area contributed by atoms with Crippen molar-refractivity contribution in [3.8, 4) is 22.5 Å². The molecule has 0 aliphatic carbocycles. The molecule has 4 aromatic rings. The van der Waals surface area contributed by atoms with E-state index in [9.17, 15) is 0 Å². The molecule has 2 aromatic carbocycles. The molecule has 0 spiro atoms. The van der Waals surface area contributed by atoms with Crippen molar-refractivity contribution in [2.75, 3.05) is 0 Å². The first kappa shape index (κ1) is 19.8. The standard InChI is InChI=1S/C24H20N2O2.Pt/c1-23(2)17-9-5-7-15(11-17)16-8-6-10-18(12-16)24(3,4)22-26-20(14-28-22)19-13-27-21(23)25-19;/h5-10,13-14H,1-4H3;/q-2;+2. The molecule has 0 unspecified atom stereocenters. The molecule has 0 amide bonds. The zero-order valence-corrected chi connectivity index (χ0v) is 18.9. The minimum Gasteiger partial charge on any atom is -0.447 e. The molecule has 4 nitrogen and oxygen atoms in total. The molecule has 1 aliphatic heterocycles. The van der Waals surface area contributed by atoms with E-state index in [-0.39, 0.29) is 21.1 Å². The number of nitrogens with zero attached hydrogens (tertiary/aromatic N) is 2. The second-order valence-electron chi connectivity index (χ2n) is 8.28. The molecule has 5 rings (SSSR count). The van der Waals surface area contributed by atoms with Crippen LogP contribution in [0.15, 0.2) is 57.8 Å². The van der Waals surface area contributed by atoms with E-state index in [0.29, 0.717) is 23.2 Å². The van der Waals surface area contributed by atoms with Crippen LogP contribution in [0, 0.1) is 12.1 Å². The summed E-state index contributed by atoms with van der Waals surface area (Å²) >= 11 is 0. The molecule has 5 heteroatoms. The number of aromatic nitrogens is 2. The molecule has 29 heavy (non-hydrogen) atoms. The van der Waals surface area contributed by atoms with Crippen LogP contribution in [0.25, 0.3) is 22.5 Å². The van der Waals surface area contributed by atoms with Gasteiger partial charge in [0.25, 0.3) is 0 Å². The Bertz CT molecular complexity index is 1090. The number of oxazole rings is 2. The third-order valence-electron chi connectivity index (χ3n) is 5.57. The molecule has 3 heterocycles. The van der Waals surface area contributed by atoms with Gasteiger partial charge in [-0.05, 0) is 27.7 Å². The summed E-state index contributed by atoms with van der Waals surface area (Å²) in [5.74, 6) is 1.24. The van der Waals surface area contributed by atoms with Gasteiger partial charge in [0.15, 0.2) is 0 Å². The van der Waals surface area contributed by atoms with E-state index in [1.54, 1.807) is 12.5 Å². The Morgan fingerprint density at radius 3 is 1.52 bits per heavy atom. The number of hydrogen-bond acceptors (Lipinski definition) is 4. The van der Waals surface area contributed by atoms with Crippen molar-refractivity contribution < 1.29 is 29.9 Å². The van der Waals surface area contributed by atoms with Crippen LogP contribution in [0.2, 0.25) is 0 Å². The van der Waals surface area contributed by atoms with E-state index in [1.165, 1.54) is 0 Å². The predicted octanol–water partition coefficient (Wildman–Crippen LogP) is 5.56. The molecule has 0 atom stereocenters. The van der Waals surface area contributed by atoms with Gasteiger partial charge in [-0.1, -0.05) is 0 Å². The van der Waals surface area contributed by atoms with Crippen LogP contribution in [0.3, 0.4) is 0 Å². The molecular formula is C24H20N2O2Pt. The largest absolute Gasteiger partial charge is 2.00 e. The molecule has 0 fully saturated rings. The van der Waals surface area contributed by atoms with Gasteiger partial charge in [-0.2, -0.15) is 36.4 Å². The summed E-state index contributed by atoms with van der Waals surface area (Å²) in [6.07, 6.45) is 3.28. The van der Waals surface area contributed by atoms with Crippen LogP contribution in [0.1, 0.15) is 50.6 Å². The number of fused-ring (bicyclic) bond motifs is 10. The maximum atomic E-state index is 5.85. The molecule has 8 bridgehead atoms. The maximum Gasteiger partial charge on any atom is 2.00 e. The van der Waals surface area contributed by atoms with Crippen molar-refractivity contribution in [1.82, 2.24) is 9.97 Å². The third-order valence-corrected chi connectivity index (χ3v) is 5.57. The van der Waals surface area contributed by atoms with Crippen molar-refractivity contribution >= 4 is 0 Å². The van der Waals surface area contributed by atoms with Gasteiger partial charge in [0, 0.05) is 10.8 Å². The molecule has 1 aliphatic rings. The minimum atomic E-state index is -0.443. The summed E-state index contributed by atoms with van der Waals surface area (Å²) in [6.45, 7) is 8.34. The van der Waals surface area contributed by atoms with Gasteiger partial charge >= 0.3 is 21.1 Å². The van der Waals surface area contributed by atoms with Gasteiger partial charge in [0.1, 0.15) is 23.9 Å². The van der Waals surface area contributed by atoms with Crippen LogP contribution >= 0.6 is 0 Å². The SMILES string of the molecule is CC1(C)c2[c-]c(ccc2)-c2[c-]c(ccc2)C(C)(C)c2nc(co2)-c2coc1n2.[Pt+2]. The van der Waals surface area contributed by atoms with Crippen LogP contribution in [-0.4, -0.2) is 9.97 Å². The van der Waals surface area contributed by atoms with Gasteiger partial charge in [-0.15, -0.1) is 23.3 Å². The molecule has 0 radical (unpaired) electrons. The van der Waals surface area contributed by atoms with Crippen LogP contribution in [0.5, 0.6) is 0 Å². The number of benzene rings is 2. The number of hydrogen-bond donors (Lipinski definition) is 0. The normalized spacial score (nSPS) is 15.9. The Labute approximate surface area is 184 Å². The fourth-order valence-corrected chi connectivity index (χ4v) is 3.57. The first-order chi connectivity index (χ1) is 13.4. The van der Waals surface area contributed by atoms with Gasteiger partial charge in [-0.3, -0.25) is 0 Å². The monoisotopic (exact) mass is 563 g/mol. The summed E-state index contributed by atoms with van der Waals surface area (Å²) in [6, 6.07) is 19.4. The van der Waals surface area contributed by atoms with Crippen LogP contribution < -0.4 is 0 Å². The van der Waals surface area contributed by atoms with Crippen molar-refractivity contribution in [3.05, 3.63) is 84.0 Å². The van der Waals surface area contributed by atoms with Gasteiger partial charge in [-0.25, -0.2) is 21.1 Å². The third kappa shape index (κ3) is 3.10. The smallest absolute Gasteiger partial charge is 0.447 e. The zero-order chi connectivity index (χ0) is 19.5.